The molecule has 1 fully saturated rings. The fourth-order valence-electron chi connectivity index (χ4n) is 3.80. The van der Waals surface area contributed by atoms with Gasteiger partial charge in [-0.05, 0) is 19.1 Å². The second-order valence-corrected chi connectivity index (χ2v) is 7.54. The molecule has 2 aromatic carbocycles. The van der Waals surface area contributed by atoms with E-state index in [1.54, 1.807) is 11.0 Å². The maximum absolute atomic E-state index is 13.1. The van der Waals surface area contributed by atoms with Gasteiger partial charge in [0.25, 0.3) is 5.91 Å². The number of para-hydroxylation sites is 1. The minimum Gasteiger partial charge on any atom is -0.493 e. The Morgan fingerprint density at radius 2 is 1.79 bits per heavy atom. The number of amides is 1. The number of methoxy groups -OCH3 is 1. The number of nitrogens with zero attached hydrogens (tertiary/aromatic N) is 4. The standard InChI is InChI=1S/C23H24F2N4O4/c1-15(21-26-20(27-33-21)16-7-4-3-5-8-16)28-11-13-29(14-12-28)22(30)17-9-6-10-18(31-2)19(17)32-23(24)25/h3-10,15,23H,11-14H2,1-2H3. The molecule has 0 spiro atoms. The van der Waals surface area contributed by atoms with Gasteiger partial charge in [0.05, 0.1) is 18.7 Å². The van der Waals surface area contributed by atoms with Crippen molar-refractivity contribution in [2.75, 3.05) is 33.3 Å². The van der Waals surface area contributed by atoms with E-state index >= 15 is 0 Å². The molecule has 1 unspecified atom stereocenters. The monoisotopic (exact) mass is 458 g/mol. The van der Waals surface area contributed by atoms with E-state index in [9.17, 15) is 13.6 Å². The number of hydrogen-bond acceptors (Lipinski definition) is 7. The summed E-state index contributed by atoms with van der Waals surface area (Å²) in [6.07, 6.45) is 0. The molecule has 1 aliphatic rings. The van der Waals surface area contributed by atoms with E-state index in [-0.39, 0.29) is 29.0 Å². The molecule has 4 rings (SSSR count). The first-order valence-electron chi connectivity index (χ1n) is 10.5. The van der Waals surface area contributed by atoms with Crippen molar-refractivity contribution in [3.8, 4) is 22.9 Å². The predicted octanol–water partition coefficient (Wildman–Crippen LogP) is 3.87. The first-order valence-corrected chi connectivity index (χ1v) is 10.5. The zero-order valence-electron chi connectivity index (χ0n) is 18.3. The van der Waals surface area contributed by atoms with Gasteiger partial charge >= 0.3 is 6.61 Å². The van der Waals surface area contributed by atoms with Gasteiger partial charge in [-0.2, -0.15) is 13.8 Å². The van der Waals surface area contributed by atoms with Crippen molar-refractivity contribution >= 4 is 5.91 Å². The molecular formula is C23H24F2N4O4. The fraction of sp³-hybridized carbons (Fsp3) is 0.348. The number of rotatable bonds is 7. The summed E-state index contributed by atoms with van der Waals surface area (Å²) in [5, 5.41) is 4.07. The molecule has 2 heterocycles. The number of piperazine rings is 1. The molecule has 1 aromatic heterocycles. The van der Waals surface area contributed by atoms with Crippen molar-refractivity contribution < 1.29 is 27.6 Å². The maximum atomic E-state index is 13.1. The third-order valence-electron chi connectivity index (χ3n) is 5.62. The van der Waals surface area contributed by atoms with Gasteiger partial charge in [-0.3, -0.25) is 9.69 Å². The first kappa shape index (κ1) is 22.7. The first-order chi connectivity index (χ1) is 16.0. The van der Waals surface area contributed by atoms with Gasteiger partial charge in [0, 0.05) is 31.7 Å². The van der Waals surface area contributed by atoms with E-state index in [2.05, 4.69) is 19.8 Å². The smallest absolute Gasteiger partial charge is 0.387 e. The number of alkyl halides is 2. The van der Waals surface area contributed by atoms with Crippen molar-refractivity contribution in [2.45, 2.75) is 19.6 Å². The van der Waals surface area contributed by atoms with E-state index in [0.717, 1.165) is 5.56 Å². The van der Waals surface area contributed by atoms with Crippen LogP contribution in [0.5, 0.6) is 11.5 Å². The van der Waals surface area contributed by atoms with Crippen LogP contribution in [-0.4, -0.2) is 65.7 Å². The molecule has 0 bridgehead atoms. The largest absolute Gasteiger partial charge is 0.493 e. The fourth-order valence-corrected chi connectivity index (χ4v) is 3.80. The van der Waals surface area contributed by atoms with Crippen molar-refractivity contribution in [1.82, 2.24) is 19.9 Å². The highest BCUT2D eigenvalue weighted by molar-refractivity contribution is 5.98. The number of carbonyl (C=O) groups is 1. The normalized spacial score (nSPS) is 15.5. The molecule has 33 heavy (non-hydrogen) atoms. The lowest BCUT2D eigenvalue weighted by molar-refractivity contribution is -0.0517. The van der Waals surface area contributed by atoms with Gasteiger partial charge in [-0.15, -0.1) is 0 Å². The van der Waals surface area contributed by atoms with E-state index in [0.29, 0.717) is 37.9 Å². The van der Waals surface area contributed by atoms with Crippen LogP contribution in [0.15, 0.2) is 53.1 Å². The average Bonchev–Trinajstić information content (AvgIpc) is 3.34. The maximum Gasteiger partial charge on any atom is 0.387 e. The molecule has 0 aliphatic carbocycles. The topological polar surface area (TPSA) is 80.9 Å². The Morgan fingerprint density at radius 3 is 2.45 bits per heavy atom. The van der Waals surface area contributed by atoms with E-state index < -0.39 is 6.61 Å². The average molecular weight is 458 g/mol. The van der Waals surface area contributed by atoms with Crippen LogP contribution < -0.4 is 9.47 Å². The Balaban J connectivity index is 1.42. The summed E-state index contributed by atoms with van der Waals surface area (Å²) >= 11 is 0. The molecule has 1 amide bonds. The second kappa shape index (κ2) is 9.95. The molecule has 0 saturated carbocycles. The number of benzene rings is 2. The van der Waals surface area contributed by atoms with Crippen molar-refractivity contribution in [3.05, 3.63) is 60.0 Å². The molecule has 1 atom stereocenters. The Bertz CT molecular complexity index is 1090. The molecule has 0 N–H and O–H groups in total. The number of halogens is 2. The van der Waals surface area contributed by atoms with Gasteiger partial charge in [0.2, 0.25) is 11.7 Å². The molecule has 174 valence electrons. The van der Waals surface area contributed by atoms with Gasteiger partial charge in [-0.1, -0.05) is 41.6 Å². The summed E-state index contributed by atoms with van der Waals surface area (Å²) in [7, 11) is 1.34. The summed E-state index contributed by atoms with van der Waals surface area (Å²) < 4.78 is 41.0. The summed E-state index contributed by atoms with van der Waals surface area (Å²) in [6, 6.07) is 13.9. The predicted molar refractivity (Wildman–Crippen MR) is 115 cm³/mol. The highest BCUT2D eigenvalue weighted by atomic mass is 19.3. The zero-order chi connectivity index (χ0) is 23.4. The van der Waals surface area contributed by atoms with E-state index in [1.807, 2.05) is 37.3 Å². The Hall–Kier alpha value is -3.53. The summed E-state index contributed by atoms with van der Waals surface area (Å²) in [5.41, 5.74) is 0.913. The van der Waals surface area contributed by atoms with Crippen LogP contribution in [0.1, 0.15) is 29.2 Å². The molecule has 3 aromatic rings. The van der Waals surface area contributed by atoms with Crippen LogP contribution in [-0.2, 0) is 0 Å². The molecular weight excluding hydrogens is 434 g/mol. The van der Waals surface area contributed by atoms with Gasteiger partial charge in [0.15, 0.2) is 11.5 Å². The van der Waals surface area contributed by atoms with Gasteiger partial charge in [0.1, 0.15) is 0 Å². The third kappa shape index (κ3) is 4.95. The summed E-state index contributed by atoms with van der Waals surface area (Å²) in [6.45, 7) is 0.843. The Labute approximate surface area is 189 Å². The van der Waals surface area contributed by atoms with Crippen molar-refractivity contribution in [1.29, 1.82) is 0 Å². The van der Waals surface area contributed by atoms with Crippen molar-refractivity contribution in [2.24, 2.45) is 0 Å². The Morgan fingerprint density at radius 1 is 1.06 bits per heavy atom. The van der Waals surface area contributed by atoms with Crippen LogP contribution >= 0.6 is 0 Å². The highest BCUT2D eigenvalue weighted by Gasteiger charge is 2.30. The minimum absolute atomic E-state index is 0.0422. The van der Waals surface area contributed by atoms with Crippen LogP contribution in [0.3, 0.4) is 0 Å². The quantitative estimate of drug-likeness (QED) is 0.532. The van der Waals surface area contributed by atoms with Gasteiger partial charge in [-0.25, -0.2) is 0 Å². The number of carbonyl (C=O) groups excluding carboxylic acids is 1. The summed E-state index contributed by atoms with van der Waals surface area (Å²) in [4.78, 5) is 21.3. The lowest BCUT2D eigenvalue weighted by Gasteiger charge is -2.37. The molecule has 1 aliphatic heterocycles. The second-order valence-electron chi connectivity index (χ2n) is 7.54. The lowest BCUT2D eigenvalue weighted by atomic mass is 10.1. The van der Waals surface area contributed by atoms with Crippen LogP contribution in [0.2, 0.25) is 0 Å². The van der Waals surface area contributed by atoms with Crippen LogP contribution in [0, 0.1) is 0 Å². The highest BCUT2D eigenvalue weighted by Crippen LogP contribution is 2.33. The van der Waals surface area contributed by atoms with Gasteiger partial charge < -0.3 is 18.9 Å². The van der Waals surface area contributed by atoms with Crippen LogP contribution in [0.4, 0.5) is 8.78 Å². The number of hydrogen-bond donors (Lipinski definition) is 0. The zero-order valence-corrected chi connectivity index (χ0v) is 18.3. The van der Waals surface area contributed by atoms with Crippen LogP contribution in [0.25, 0.3) is 11.4 Å². The third-order valence-corrected chi connectivity index (χ3v) is 5.62. The molecule has 8 nitrogen and oxygen atoms in total. The number of aromatic nitrogens is 2. The summed E-state index contributed by atoms with van der Waals surface area (Å²) in [5.74, 6) is 0.458. The molecule has 1 saturated heterocycles. The lowest BCUT2D eigenvalue weighted by Crippen LogP contribution is -2.49. The minimum atomic E-state index is -3.07. The SMILES string of the molecule is COc1cccc(C(=O)N2CCN(C(C)c3nc(-c4ccccc4)no3)CC2)c1OC(F)F. The van der Waals surface area contributed by atoms with E-state index in [1.165, 1.54) is 19.2 Å². The Kier molecular flexibility index (Phi) is 6.83. The molecule has 10 heteroatoms. The molecule has 0 radical (unpaired) electrons. The van der Waals surface area contributed by atoms with E-state index in [4.69, 9.17) is 9.26 Å². The van der Waals surface area contributed by atoms with Crippen molar-refractivity contribution in [3.63, 3.8) is 0 Å². The number of ether oxygens (including phenoxy) is 2.